The first-order valence-corrected chi connectivity index (χ1v) is 13.3. The van der Waals surface area contributed by atoms with Crippen LogP contribution in [0.3, 0.4) is 0 Å². The second-order valence-electron chi connectivity index (χ2n) is 9.45. The number of amides is 1. The molecule has 0 saturated carbocycles. The van der Waals surface area contributed by atoms with Gasteiger partial charge < -0.3 is 15.2 Å². The van der Waals surface area contributed by atoms with Gasteiger partial charge in [0.15, 0.2) is 0 Å². The fourth-order valence-corrected chi connectivity index (χ4v) is 4.95. The Bertz CT molecular complexity index is 1340. The molecule has 0 aliphatic rings. The summed E-state index contributed by atoms with van der Waals surface area (Å²) in [7, 11) is 0. The average Bonchev–Trinajstić information content (AvgIpc) is 3.29. The van der Waals surface area contributed by atoms with Crippen molar-refractivity contribution in [3.63, 3.8) is 0 Å². The maximum atomic E-state index is 13.9. The van der Waals surface area contributed by atoms with Crippen LogP contribution >= 0.6 is 23.2 Å². The third-order valence-electron chi connectivity index (χ3n) is 6.29. The molecule has 1 atom stereocenters. The van der Waals surface area contributed by atoms with Gasteiger partial charge in [0.05, 0.1) is 11.7 Å². The predicted octanol–water partition coefficient (Wildman–Crippen LogP) is 7.09. The maximum Gasteiger partial charge on any atom is 0.254 e. The van der Waals surface area contributed by atoms with E-state index in [1.807, 2.05) is 53.6 Å². The number of nitrogens with two attached hydrogens (primary N) is 1. The van der Waals surface area contributed by atoms with Crippen LogP contribution in [-0.4, -0.2) is 33.4 Å². The average molecular weight is 536 g/mol. The third kappa shape index (κ3) is 6.61. The Morgan fingerprint density at radius 2 is 1.68 bits per heavy atom. The number of hydrogen-bond acceptors (Lipinski definition) is 3. The molecular formula is C30H32Cl2N4O. The van der Waals surface area contributed by atoms with Crippen molar-refractivity contribution >= 4 is 29.1 Å². The molecule has 5 nitrogen and oxygen atoms in total. The topological polar surface area (TPSA) is 64.2 Å². The van der Waals surface area contributed by atoms with Gasteiger partial charge >= 0.3 is 0 Å². The van der Waals surface area contributed by atoms with E-state index in [1.165, 1.54) is 0 Å². The van der Waals surface area contributed by atoms with Crippen molar-refractivity contribution in [1.29, 1.82) is 0 Å². The van der Waals surface area contributed by atoms with Crippen molar-refractivity contribution in [3.8, 4) is 11.3 Å². The Balaban J connectivity index is 1.83. The summed E-state index contributed by atoms with van der Waals surface area (Å²) in [6, 6.07) is 24.7. The van der Waals surface area contributed by atoms with Gasteiger partial charge in [-0.05, 0) is 54.8 Å². The minimum Gasteiger partial charge on any atom is -0.330 e. The molecule has 3 aromatic carbocycles. The monoisotopic (exact) mass is 534 g/mol. The van der Waals surface area contributed by atoms with Crippen molar-refractivity contribution in [2.45, 2.75) is 32.9 Å². The highest BCUT2D eigenvalue weighted by atomic mass is 35.5. The van der Waals surface area contributed by atoms with E-state index in [1.54, 1.807) is 24.3 Å². The molecule has 2 N–H and O–H groups in total. The van der Waals surface area contributed by atoms with Gasteiger partial charge in [0, 0.05) is 40.5 Å². The van der Waals surface area contributed by atoms with Crippen LogP contribution in [0.5, 0.6) is 0 Å². The highest BCUT2D eigenvalue weighted by molar-refractivity contribution is 6.31. The Kier molecular flexibility index (Phi) is 9.04. The Morgan fingerprint density at radius 3 is 2.32 bits per heavy atom. The van der Waals surface area contributed by atoms with Crippen molar-refractivity contribution in [2.75, 3.05) is 13.1 Å². The lowest BCUT2D eigenvalue weighted by molar-refractivity contribution is 0.0604. The molecular weight excluding hydrogens is 503 g/mol. The molecule has 192 valence electrons. The molecule has 0 aliphatic heterocycles. The summed E-state index contributed by atoms with van der Waals surface area (Å²) in [5.41, 5.74) is 9.33. The van der Waals surface area contributed by atoms with E-state index in [9.17, 15) is 4.79 Å². The predicted molar refractivity (Wildman–Crippen MR) is 152 cm³/mol. The van der Waals surface area contributed by atoms with Gasteiger partial charge in [-0.2, -0.15) is 0 Å². The van der Waals surface area contributed by atoms with Crippen molar-refractivity contribution < 1.29 is 4.79 Å². The van der Waals surface area contributed by atoms with Gasteiger partial charge in [-0.25, -0.2) is 4.98 Å². The first-order chi connectivity index (χ1) is 17.9. The fraction of sp³-hybridized carbons (Fsp3) is 0.267. The van der Waals surface area contributed by atoms with Crippen molar-refractivity contribution in [1.82, 2.24) is 14.5 Å². The molecule has 0 radical (unpaired) electrons. The SMILES string of the molecule is CC(C)C(c1nc(-c2cccc(Cl)c2)cn1Cc1ccccc1)N(CCCN)C(=O)c1cccc(Cl)c1. The van der Waals surface area contributed by atoms with E-state index >= 15 is 0 Å². The molecule has 0 saturated heterocycles. The first-order valence-electron chi connectivity index (χ1n) is 12.5. The summed E-state index contributed by atoms with van der Waals surface area (Å²) >= 11 is 12.5. The summed E-state index contributed by atoms with van der Waals surface area (Å²) in [6.45, 7) is 5.85. The van der Waals surface area contributed by atoms with E-state index < -0.39 is 0 Å². The number of imidazole rings is 1. The molecule has 4 aromatic rings. The van der Waals surface area contributed by atoms with E-state index in [0.29, 0.717) is 41.7 Å². The van der Waals surface area contributed by atoms with Crippen LogP contribution in [0.2, 0.25) is 10.0 Å². The zero-order chi connectivity index (χ0) is 26.4. The van der Waals surface area contributed by atoms with Crippen LogP contribution in [0.25, 0.3) is 11.3 Å². The fourth-order valence-electron chi connectivity index (χ4n) is 4.57. The van der Waals surface area contributed by atoms with Crippen LogP contribution in [0.1, 0.15) is 48.1 Å². The highest BCUT2D eigenvalue weighted by Gasteiger charge is 2.32. The summed E-state index contributed by atoms with van der Waals surface area (Å²) in [5, 5.41) is 1.18. The van der Waals surface area contributed by atoms with Crippen LogP contribution in [0.4, 0.5) is 0 Å². The zero-order valence-corrected chi connectivity index (χ0v) is 22.7. The van der Waals surface area contributed by atoms with E-state index in [4.69, 9.17) is 33.9 Å². The van der Waals surface area contributed by atoms with E-state index in [0.717, 1.165) is 22.6 Å². The molecule has 0 fully saturated rings. The Labute approximate surface area is 228 Å². The van der Waals surface area contributed by atoms with Gasteiger partial charge in [0.1, 0.15) is 5.82 Å². The van der Waals surface area contributed by atoms with Gasteiger partial charge in [0.2, 0.25) is 0 Å². The molecule has 1 heterocycles. The van der Waals surface area contributed by atoms with Gasteiger partial charge in [0.25, 0.3) is 5.91 Å². The first kappa shape index (κ1) is 26.9. The van der Waals surface area contributed by atoms with Crippen LogP contribution in [0, 0.1) is 5.92 Å². The highest BCUT2D eigenvalue weighted by Crippen LogP contribution is 2.33. The second-order valence-corrected chi connectivity index (χ2v) is 10.3. The Hall–Kier alpha value is -3.12. The lowest BCUT2D eigenvalue weighted by atomic mass is 9.99. The van der Waals surface area contributed by atoms with E-state index in [2.05, 4.69) is 30.5 Å². The number of carbonyl (C=O) groups excluding carboxylic acids is 1. The van der Waals surface area contributed by atoms with Gasteiger partial charge in [-0.3, -0.25) is 4.79 Å². The quantitative estimate of drug-likeness (QED) is 0.236. The van der Waals surface area contributed by atoms with Gasteiger partial charge in [-0.15, -0.1) is 0 Å². The minimum absolute atomic E-state index is 0.0880. The summed E-state index contributed by atoms with van der Waals surface area (Å²) < 4.78 is 2.15. The molecule has 1 amide bonds. The Morgan fingerprint density at radius 1 is 0.973 bits per heavy atom. The zero-order valence-electron chi connectivity index (χ0n) is 21.1. The maximum absolute atomic E-state index is 13.9. The van der Waals surface area contributed by atoms with Crippen molar-refractivity contribution in [3.05, 3.63) is 112 Å². The second kappa shape index (κ2) is 12.4. The van der Waals surface area contributed by atoms with Crippen LogP contribution in [0.15, 0.2) is 85.1 Å². The molecule has 0 bridgehead atoms. The smallest absolute Gasteiger partial charge is 0.254 e. The van der Waals surface area contributed by atoms with Crippen LogP contribution < -0.4 is 5.73 Å². The molecule has 4 rings (SSSR count). The molecule has 0 spiro atoms. The molecule has 7 heteroatoms. The number of nitrogens with zero attached hydrogens (tertiary/aromatic N) is 3. The molecule has 1 aromatic heterocycles. The number of carbonyl (C=O) groups is 1. The number of halogens is 2. The summed E-state index contributed by atoms with van der Waals surface area (Å²) in [4.78, 5) is 20.9. The normalized spacial score (nSPS) is 12.1. The molecule has 1 unspecified atom stereocenters. The standard InChI is InChI=1S/C30H32Cl2N4O/c1-21(2)28(36(16-8-15-33)30(37)24-12-7-14-26(32)18-24)29-34-27(23-11-6-13-25(31)17-23)20-35(29)19-22-9-4-3-5-10-22/h3-7,9-14,17-18,20-21,28H,8,15-16,19,33H2,1-2H3. The number of benzene rings is 3. The van der Waals surface area contributed by atoms with Gasteiger partial charge in [-0.1, -0.05) is 85.6 Å². The minimum atomic E-state index is -0.283. The lowest BCUT2D eigenvalue weighted by Crippen LogP contribution is -2.40. The molecule has 0 aliphatic carbocycles. The number of aromatic nitrogens is 2. The van der Waals surface area contributed by atoms with Crippen LogP contribution in [-0.2, 0) is 6.54 Å². The number of rotatable bonds is 10. The number of hydrogen-bond donors (Lipinski definition) is 1. The summed E-state index contributed by atoms with van der Waals surface area (Å²) in [5.74, 6) is 0.819. The largest absolute Gasteiger partial charge is 0.330 e. The summed E-state index contributed by atoms with van der Waals surface area (Å²) in [6.07, 6.45) is 2.73. The lowest BCUT2D eigenvalue weighted by Gasteiger charge is -2.34. The molecule has 37 heavy (non-hydrogen) atoms. The van der Waals surface area contributed by atoms with E-state index in [-0.39, 0.29) is 17.9 Å². The third-order valence-corrected chi connectivity index (χ3v) is 6.76. The van der Waals surface area contributed by atoms with Crippen molar-refractivity contribution in [2.24, 2.45) is 11.7 Å².